The van der Waals surface area contributed by atoms with E-state index in [0.29, 0.717) is 6.04 Å². The molecule has 0 spiro atoms. The Bertz CT molecular complexity index is 797. The van der Waals surface area contributed by atoms with Crippen molar-refractivity contribution < 1.29 is 0 Å². The fraction of sp³-hybridized carbons (Fsp3) is 0.316. The second-order valence-electron chi connectivity index (χ2n) is 6.37. The van der Waals surface area contributed by atoms with Crippen LogP contribution in [-0.2, 0) is 6.54 Å². The largest absolute Gasteiger partial charge is 0.324 e. The normalized spacial score (nSPS) is 18.1. The highest BCUT2D eigenvalue weighted by Gasteiger charge is 2.27. The molecule has 1 aliphatic heterocycles. The molecule has 24 heavy (non-hydrogen) atoms. The van der Waals surface area contributed by atoms with Crippen molar-refractivity contribution in [3.63, 3.8) is 0 Å². The first kappa shape index (κ1) is 15.0. The van der Waals surface area contributed by atoms with Gasteiger partial charge < -0.3 is 4.57 Å². The minimum Gasteiger partial charge on any atom is -0.324 e. The summed E-state index contributed by atoms with van der Waals surface area (Å²) in [4.78, 5) is 15.5. The van der Waals surface area contributed by atoms with Crippen LogP contribution in [0.2, 0.25) is 0 Å². The Hall–Kier alpha value is -2.53. The van der Waals surface area contributed by atoms with Gasteiger partial charge in [-0.05, 0) is 43.2 Å². The van der Waals surface area contributed by atoms with Gasteiger partial charge in [-0.3, -0.25) is 14.9 Å². The van der Waals surface area contributed by atoms with Crippen LogP contribution in [0.25, 0.3) is 11.4 Å². The highest BCUT2D eigenvalue weighted by atomic mass is 15.2. The number of aromatic nitrogens is 4. The Labute approximate surface area is 142 Å². The van der Waals surface area contributed by atoms with Crippen LogP contribution in [0.5, 0.6) is 0 Å². The molecule has 0 amide bonds. The fourth-order valence-electron chi connectivity index (χ4n) is 3.53. The molecule has 1 fully saturated rings. The zero-order valence-corrected chi connectivity index (χ0v) is 13.8. The molecule has 5 heteroatoms. The third kappa shape index (κ3) is 2.95. The van der Waals surface area contributed by atoms with Crippen LogP contribution < -0.4 is 0 Å². The lowest BCUT2D eigenvalue weighted by Crippen LogP contribution is -2.21. The van der Waals surface area contributed by atoms with Gasteiger partial charge in [0, 0.05) is 67.9 Å². The molecule has 4 heterocycles. The summed E-state index contributed by atoms with van der Waals surface area (Å²) in [6, 6.07) is 8.70. The van der Waals surface area contributed by atoms with Crippen LogP contribution in [0.3, 0.4) is 0 Å². The first-order valence-electron chi connectivity index (χ1n) is 8.37. The third-order valence-corrected chi connectivity index (χ3v) is 4.67. The van der Waals surface area contributed by atoms with E-state index in [-0.39, 0.29) is 0 Å². The first-order valence-corrected chi connectivity index (χ1v) is 8.37. The summed E-state index contributed by atoms with van der Waals surface area (Å²) in [5.41, 5.74) is 3.61. The van der Waals surface area contributed by atoms with Crippen LogP contribution in [0.15, 0.2) is 55.2 Å². The molecule has 3 aromatic heterocycles. The van der Waals surface area contributed by atoms with Crippen LogP contribution in [0, 0.1) is 6.92 Å². The van der Waals surface area contributed by atoms with Crippen LogP contribution >= 0.6 is 0 Å². The summed E-state index contributed by atoms with van der Waals surface area (Å²) < 4.78 is 2.38. The maximum absolute atomic E-state index is 4.64. The maximum atomic E-state index is 4.64. The molecule has 0 saturated carbocycles. The standard InChI is InChI=1S/C19H21N5/c1-15-11-22-19(17-3-2-7-21-12-17)24(15)18-6-10-23(14-18)13-16-4-8-20-9-5-16/h2-5,7-9,11-12,18H,6,10,13-14H2,1H3. The molecule has 1 saturated heterocycles. The van der Waals surface area contributed by atoms with Gasteiger partial charge >= 0.3 is 0 Å². The molecule has 1 unspecified atom stereocenters. The predicted molar refractivity (Wildman–Crippen MR) is 93.4 cm³/mol. The number of imidazole rings is 1. The van der Waals surface area contributed by atoms with Crippen molar-refractivity contribution in [3.05, 3.63) is 66.5 Å². The molecule has 0 N–H and O–H groups in total. The summed E-state index contributed by atoms with van der Waals surface area (Å²) in [7, 11) is 0. The van der Waals surface area contributed by atoms with Crippen molar-refractivity contribution >= 4 is 0 Å². The van der Waals surface area contributed by atoms with Gasteiger partial charge in [0.25, 0.3) is 0 Å². The van der Waals surface area contributed by atoms with Crippen LogP contribution in [0.4, 0.5) is 0 Å². The lowest BCUT2D eigenvalue weighted by atomic mass is 10.2. The van der Waals surface area contributed by atoms with Gasteiger partial charge in [0.1, 0.15) is 5.82 Å². The number of aryl methyl sites for hydroxylation is 1. The lowest BCUT2D eigenvalue weighted by molar-refractivity contribution is 0.316. The quantitative estimate of drug-likeness (QED) is 0.741. The second kappa shape index (κ2) is 6.53. The predicted octanol–water partition coefficient (Wildman–Crippen LogP) is 3.10. The van der Waals surface area contributed by atoms with E-state index in [1.165, 1.54) is 11.3 Å². The van der Waals surface area contributed by atoms with Crippen molar-refractivity contribution in [1.29, 1.82) is 0 Å². The maximum Gasteiger partial charge on any atom is 0.141 e. The molecule has 0 aromatic carbocycles. The minimum absolute atomic E-state index is 0.463. The van der Waals surface area contributed by atoms with Gasteiger partial charge in [0.2, 0.25) is 0 Å². The van der Waals surface area contributed by atoms with E-state index < -0.39 is 0 Å². The Morgan fingerprint density at radius 2 is 1.96 bits per heavy atom. The van der Waals surface area contributed by atoms with Gasteiger partial charge in [-0.25, -0.2) is 4.98 Å². The number of hydrogen-bond donors (Lipinski definition) is 0. The topological polar surface area (TPSA) is 46.8 Å². The smallest absolute Gasteiger partial charge is 0.141 e. The average Bonchev–Trinajstić information content (AvgIpc) is 3.23. The van der Waals surface area contributed by atoms with Crippen molar-refractivity contribution in [2.24, 2.45) is 0 Å². The summed E-state index contributed by atoms with van der Waals surface area (Å²) in [6.07, 6.45) is 10.5. The van der Waals surface area contributed by atoms with Crippen LogP contribution in [-0.4, -0.2) is 37.5 Å². The van der Waals surface area contributed by atoms with Gasteiger partial charge in [0.15, 0.2) is 0 Å². The number of pyridine rings is 2. The highest BCUT2D eigenvalue weighted by molar-refractivity contribution is 5.54. The van der Waals surface area contributed by atoms with E-state index in [9.17, 15) is 0 Å². The number of rotatable bonds is 4. The zero-order chi connectivity index (χ0) is 16.4. The molecular formula is C19H21N5. The number of hydrogen-bond acceptors (Lipinski definition) is 4. The molecular weight excluding hydrogens is 298 g/mol. The fourth-order valence-corrected chi connectivity index (χ4v) is 3.53. The van der Waals surface area contributed by atoms with E-state index >= 15 is 0 Å². The molecule has 0 bridgehead atoms. The van der Waals surface area contributed by atoms with Crippen LogP contribution in [0.1, 0.15) is 23.7 Å². The van der Waals surface area contributed by atoms with E-state index in [2.05, 4.69) is 49.5 Å². The van der Waals surface area contributed by atoms with Gasteiger partial charge in [0.05, 0.1) is 0 Å². The highest BCUT2D eigenvalue weighted by Crippen LogP contribution is 2.29. The summed E-state index contributed by atoms with van der Waals surface area (Å²) in [6.45, 7) is 5.28. The van der Waals surface area contributed by atoms with Gasteiger partial charge in [-0.2, -0.15) is 0 Å². The molecule has 1 aliphatic rings. The van der Waals surface area contributed by atoms with E-state index in [4.69, 9.17) is 0 Å². The zero-order valence-electron chi connectivity index (χ0n) is 13.8. The van der Waals surface area contributed by atoms with E-state index in [0.717, 1.165) is 37.4 Å². The Balaban J connectivity index is 1.54. The molecule has 1 atom stereocenters. The second-order valence-corrected chi connectivity index (χ2v) is 6.37. The molecule has 4 rings (SSSR count). The molecule has 3 aromatic rings. The van der Waals surface area contributed by atoms with Crippen molar-refractivity contribution in [2.45, 2.75) is 25.9 Å². The molecule has 5 nitrogen and oxygen atoms in total. The molecule has 0 radical (unpaired) electrons. The van der Waals surface area contributed by atoms with E-state index in [1.807, 2.05) is 30.9 Å². The molecule has 122 valence electrons. The monoisotopic (exact) mass is 319 g/mol. The summed E-state index contributed by atoms with van der Waals surface area (Å²) in [5.74, 6) is 1.02. The Morgan fingerprint density at radius 1 is 1.08 bits per heavy atom. The average molecular weight is 319 g/mol. The summed E-state index contributed by atoms with van der Waals surface area (Å²) in [5, 5.41) is 0. The Morgan fingerprint density at radius 3 is 2.75 bits per heavy atom. The Kier molecular flexibility index (Phi) is 4.09. The van der Waals surface area contributed by atoms with E-state index in [1.54, 1.807) is 6.20 Å². The lowest BCUT2D eigenvalue weighted by Gasteiger charge is -2.19. The SMILES string of the molecule is Cc1cnc(-c2cccnc2)n1C1CCN(Cc2ccncc2)C1. The van der Waals surface area contributed by atoms with Crippen molar-refractivity contribution in [2.75, 3.05) is 13.1 Å². The number of nitrogens with zero attached hydrogens (tertiary/aromatic N) is 5. The van der Waals surface area contributed by atoms with Gasteiger partial charge in [-0.15, -0.1) is 0 Å². The number of likely N-dealkylation sites (tertiary alicyclic amines) is 1. The van der Waals surface area contributed by atoms with Crippen molar-refractivity contribution in [1.82, 2.24) is 24.4 Å². The third-order valence-electron chi connectivity index (χ3n) is 4.67. The molecule has 0 aliphatic carbocycles. The first-order chi connectivity index (χ1) is 11.8. The van der Waals surface area contributed by atoms with Crippen molar-refractivity contribution in [3.8, 4) is 11.4 Å². The summed E-state index contributed by atoms with van der Waals surface area (Å²) >= 11 is 0. The minimum atomic E-state index is 0.463. The van der Waals surface area contributed by atoms with Gasteiger partial charge in [-0.1, -0.05) is 0 Å².